The summed E-state index contributed by atoms with van der Waals surface area (Å²) in [5, 5.41) is 10.1. The summed E-state index contributed by atoms with van der Waals surface area (Å²) in [6.07, 6.45) is -3.06. The highest BCUT2D eigenvalue weighted by Gasteiger charge is 2.34. The molecule has 218 valence electrons. The van der Waals surface area contributed by atoms with Gasteiger partial charge in [-0.3, -0.25) is 0 Å². The molecule has 1 aliphatic rings. The number of aryl methyl sites for hydroxylation is 1. The summed E-state index contributed by atoms with van der Waals surface area (Å²) in [7, 11) is 0. The number of nitriles is 1. The zero-order valence-corrected chi connectivity index (χ0v) is 23.8. The third kappa shape index (κ3) is 6.02. The van der Waals surface area contributed by atoms with Gasteiger partial charge in [0, 0.05) is 23.4 Å². The van der Waals surface area contributed by atoms with E-state index in [9.17, 15) is 27.2 Å². The second-order valence-electron chi connectivity index (χ2n) is 10.9. The van der Waals surface area contributed by atoms with Crippen molar-refractivity contribution in [2.24, 2.45) is 5.41 Å². The lowest BCUT2D eigenvalue weighted by molar-refractivity contribution is -0.137. The fourth-order valence-corrected chi connectivity index (χ4v) is 5.66. The summed E-state index contributed by atoms with van der Waals surface area (Å²) < 4.78 is 70.1. The van der Waals surface area contributed by atoms with E-state index in [1.54, 1.807) is 31.2 Å². The van der Waals surface area contributed by atoms with Crippen LogP contribution in [-0.4, -0.2) is 6.54 Å². The minimum atomic E-state index is -4.55. The molecule has 42 heavy (non-hydrogen) atoms. The molecule has 1 heterocycles. The van der Waals surface area contributed by atoms with Crippen LogP contribution in [0.25, 0.3) is 16.7 Å². The average Bonchev–Trinajstić information content (AvgIpc) is 2.99. The van der Waals surface area contributed by atoms with Gasteiger partial charge in [-0.2, -0.15) is 18.4 Å². The highest BCUT2D eigenvalue weighted by atomic mass is 19.4. The summed E-state index contributed by atoms with van der Waals surface area (Å²) in [5.74, 6) is -1.83. The lowest BCUT2D eigenvalue weighted by Crippen LogP contribution is -2.32. The van der Waals surface area contributed by atoms with Crippen LogP contribution in [0.1, 0.15) is 54.5 Å². The van der Waals surface area contributed by atoms with Crippen LogP contribution in [-0.2, 0) is 12.6 Å². The molecule has 1 unspecified atom stereocenters. The maximum atomic E-state index is 14.8. The number of allylic oxidation sites excluding steroid dienone is 2. The molecule has 8 heteroatoms. The van der Waals surface area contributed by atoms with Gasteiger partial charge in [0.2, 0.25) is 0 Å². The van der Waals surface area contributed by atoms with Gasteiger partial charge in [-0.05, 0) is 90.6 Å². The fraction of sp³-hybridized carbons (Fsp3) is 0.265. The summed E-state index contributed by atoms with van der Waals surface area (Å²) >= 11 is 0. The first-order valence-electron chi connectivity index (χ1n) is 13.5. The minimum Gasteiger partial charge on any atom is -0.321 e. The number of hydrogen-bond donors (Lipinski definition) is 2. The van der Waals surface area contributed by atoms with Crippen molar-refractivity contribution in [2.45, 2.75) is 46.2 Å². The lowest BCUT2D eigenvalue weighted by atomic mass is 9.70. The van der Waals surface area contributed by atoms with Crippen LogP contribution in [0.2, 0.25) is 0 Å². The molecule has 0 radical (unpaired) electrons. The van der Waals surface area contributed by atoms with Gasteiger partial charge in [-0.15, -0.1) is 0 Å². The number of benzene rings is 3. The number of halogens is 5. The van der Waals surface area contributed by atoms with Gasteiger partial charge in [0.25, 0.3) is 0 Å². The van der Waals surface area contributed by atoms with E-state index in [1.165, 1.54) is 12.1 Å². The summed E-state index contributed by atoms with van der Waals surface area (Å²) in [4.78, 5) is 0. The molecule has 0 saturated heterocycles. The number of hydrazine groups is 1. The Hall–Kier alpha value is -4.22. The zero-order chi connectivity index (χ0) is 30.8. The van der Waals surface area contributed by atoms with Gasteiger partial charge in [-0.1, -0.05) is 56.0 Å². The second-order valence-corrected chi connectivity index (χ2v) is 10.9. The number of rotatable bonds is 5. The van der Waals surface area contributed by atoms with Gasteiger partial charge in [0.1, 0.15) is 0 Å². The average molecular weight is 578 g/mol. The predicted octanol–water partition coefficient (Wildman–Crippen LogP) is 8.81. The normalized spacial score (nSPS) is 19.7. The Kier molecular flexibility index (Phi) is 8.74. The molecule has 2 N–H and O–H groups in total. The molecule has 3 aromatic rings. The van der Waals surface area contributed by atoms with Crippen molar-refractivity contribution in [1.29, 1.82) is 5.26 Å². The molecule has 4 rings (SSSR count). The number of nitrogens with zero attached hydrogens (tertiary/aromatic N) is 1. The largest absolute Gasteiger partial charge is 0.416 e. The van der Waals surface area contributed by atoms with Gasteiger partial charge in [0.15, 0.2) is 11.6 Å². The maximum Gasteiger partial charge on any atom is 0.416 e. The van der Waals surface area contributed by atoms with Gasteiger partial charge >= 0.3 is 6.18 Å². The van der Waals surface area contributed by atoms with Crippen LogP contribution in [0.4, 0.5) is 22.0 Å². The van der Waals surface area contributed by atoms with Crippen LogP contribution < -0.4 is 10.9 Å². The Morgan fingerprint density at radius 1 is 1.05 bits per heavy atom. The molecule has 3 nitrogen and oxygen atoms in total. The Morgan fingerprint density at radius 2 is 1.76 bits per heavy atom. The van der Waals surface area contributed by atoms with Crippen LogP contribution in [0.3, 0.4) is 0 Å². The molecule has 0 fully saturated rings. The Bertz CT molecular complexity index is 1630. The SMILES string of the molecule is C=C1NNCCCC(C)(Cc2cccc(F)c2F)/C(C)=C\1C(=C)c1c(C#N)cccc1-c1cc(C(F)(F)F)ccc1C. The first-order valence-corrected chi connectivity index (χ1v) is 13.5. The second kappa shape index (κ2) is 11.9. The minimum absolute atomic E-state index is 0.186. The Morgan fingerprint density at radius 3 is 2.45 bits per heavy atom. The quantitative estimate of drug-likeness (QED) is 0.298. The van der Waals surface area contributed by atoms with Crippen molar-refractivity contribution in [1.82, 2.24) is 10.9 Å². The highest BCUT2D eigenvalue weighted by molar-refractivity contribution is 5.93. The molecular weight excluding hydrogens is 545 g/mol. The molecular formula is C34H32F5N3. The zero-order valence-electron chi connectivity index (χ0n) is 23.8. The number of hydrogen-bond acceptors (Lipinski definition) is 3. The maximum absolute atomic E-state index is 14.8. The molecule has 0 aliphatic carbocycles. The van der Waals surface area contributed by atoms with Gasteiger partial charge in [-0.25, -0.2) is 14.2 Å². The van der Waals surface area contributed by atoms with E-state index in [0.717, 1.165) is 23.8 Å². The van der Waals surface area contributed by atoms with Gasteiger partial charge < -0.3 is 5.43 Å². The van der Waals surface area contributed by atoms with Crippen molar-refractivity contribution in [3.05, 3.63) is 124 Å². The molecule has 1 aliphatic heterocycles. The van der Waals surface area contributed by atoms with Crippen LogP contribution in [0.15, 0.2) is 84.6 Å². The van der Waals surface area contributed by atoms with E-state index in [1.807, 2.05) is 13.8 Å². The Balaban J connectivity index is 1.96. The molecule has 0 spiro atoms. The summed E-state index contributed by atoms with van der Waals surface area (Å²) in [5.41, 5.74) is 9.02. The topological polar surface area (TPSA) is 47.8 Å². The van der Waals surface area contributed by atoms with E-state index >= 15 is 0 Å². The van der Waals surface area contributed by atoms with Crippen LogP contribution in [0, 0.1) is 35.3 Å². The van der Waals surface area contributed by atoms with Crippen LogP contribution in [0.5, 0.6) is 0 Å². The van der Waals surface area contributed by atoms with E-state index < -0.39 is 28.8 Å². The lowest BCUT2D eigenvalue weighted by Gasteiger charge is -2.34. The Labute approximate surface area is 243 Å². The highest BCUT2D eigenvalue weighted by Crippen LogP contribution is 2.45. The molecule has 0 saturated carbocycles. The smallest absolute Gasteiger partial charge is 0.321 e. The standard InChI is InChI=1S/C34H32F5N3/c1-20-13-14-26(34(37,38)39)17-28(20)27-11-6-10-25(19-40)31(27)21(2)30-22(3)33(5,15-8-16-41-42-23(30)4)18-24-9-7-12-29(35)32(24)36/h6-7,9-14,17,41-42H,2,4,8,15-16,18H2,1,3,5H3/b30-22-. The monoisotopic (exact) mass is 577 g/mol. The molecule has 3 aromatic carbocycles. The number of nitrogens with one attached hydrogen (secondary N) is 2. The first kappa shape index (κ1) is 30.7. The van der Waals surface area contributed by atoms with Crippen molar-refractivity contribution < 1.29 is 22.0 Å². The molecule has 0 aromatic heterocycles. The van der Waals surface area contributed by atoms with Crippen molar-refractivity contribution in [3.8, 4) is 17.2 Å². The molecule has 1 atom stereocenters. The van der Waals surface area contributed by atoms with E-state index in [4.69, 9.17) is 0 Å². The fourth-order valence-electron chi connectivity index (χ4n) is 5.66. The first-order chi connectivity index (χ1) is 19.8. The third-order valence-corrected chi connectivity index (χ3v) is 8.11. The van der Waals surface area contributed by atoms with Crippen molar-refractivity contribution >= 4 is 5.57 Å². The summed E-state index contributed by atoms with van der Waals surface area (Å²) in [6.45, 7) is 14.7. The third-order valence-electron chi connectivity index (χ3n) is 8.11. The molecule has 0 bridgehead atoms. The van der Waals surface area contributed by atoms with E-state index in [2.05, 4.69) is 30.1 Å². The van der Waals surface area contributed by atoms with E-state index in [-0.39, 0.29) is 17.5 Å². The van der Waals surface area contributed by atoms with E-state index in [0.29, 0.717) is 58.5 Å². The summed E-state index contributed by atoms with van der Waals surface area (Å²) in [6, 6.07) is 14.7. The van der Waals surface area contributed by atoms with Crippen molar-refractivity contribution in [3.63, 3.8) is 0 Å². The predicted molar refractivity (Wildman–Crippen MR) is 156 cm³/mol. The van der Waals surface area contributed by atoms with Crippen LogP contribution >= 0.6 is 0 Å². The number of alkyl halides is 3. The van der Waals surface area contributed by atoms with Crippen molar-refractivity contribution in [2.75, 3.05) is 6.54 Å². The molecule has 0 amide bonds. The van der Waals surface area contributed by atoms with Gasteiger partial charge in [0.05, 0.1) is 17.2 Å².